The highest BCUT2D eigenvalue weighted by Gasteiger charge is 2.48. The van der Waals surface area contributed by atoms with Crippen molar-refractivity contribution in [2.75, 3.05) is 43.4 Å². The number of fused-ring (bicyclic) bond motifs is 2. The van der Waals surface area contributed by atoms with Gasteiger partial charge in [0.2, 0.25) is 5.95 Å². The van der Waals surface area contributed by atoms with Gasteiger partial charge in [0.15, 0.2) is 0 Å². The minimum atomic E-state index is -2.57. The fourth-order valence-corrected chi connectivity index (χ4v) is 5.02. The van der Waals surface area contributed by atoms with E-state index in [9.17, 15) is 13.2 Å². The standard InChI is InChI=1S/C23H23F3N6/c1-31-7-15-3-17(24)18(4-16(15)8-31)29-22-28-6-14-2-13(21(25)26)5-19(20(14)30-22)32-11-23(12-32)9-27-10-23/h2-6,21,27H,7-12H2,1H3,(H,28,29,30). The zero-order valence-electron chi connectivity index (χ0n) is 17.6. The van der Waals surface area contributed by atoms with Gasteiger partial charge in [0.05, 0.1) is 16.9 Å². The van der Waals surface area contributed by atoms with Crippen LogP contribution in [-0.2, 0) is 13.1 Å². The first-order valence-electron chi connectivity index (χ1n) is 10.7. The SMILES string of the molecule is CN1Cc2cc(F)c(Nc3ncc4cc(C(F)F)cc(N5CC6(CNC6)C5)c4n3)cc2C1. The molecule has 32 heavy (non-hydrogen) atoms. The van der Waals surface area contributed by atoms with Crippen LogP contribution in [0.25, 0.3) is 10.9 Å². The number of benzene rings is 2. The maximum atomic E-state index is 14.7. The Balaban J connectivity index is 1.36. The van der Waals surface area contributed by atoms with Crippen molar-refractivity contribution in [3.8, 4) is 0 Å². The van der Waals surface area contributed by atoms with Crippen molar-refractivity contribution in [2.45, 2.75) is 19.5 Å². The number of hydrogen-bond acceptors (Lipinski definition) is 6. The van der Waals surface area contributed by atoms with Crippen LogP contribution in [-0.4, -0.2) is 48.1 Å². The predicted molar refractivity (Wildman–Crippen MR) is 117 cm³/mol. The van der Waals surface area contributed by atoms with Crippen LogP contribution in [0.5, 0.6) is 0 Å². The summed E-state index contributed by atoms with van der Waals surface area (Å²) in [6.45, 7) is 4.99. The molecule has 3 aliphatic rings. The fourth-order valence-electron chi connectivity index (χ4n) is 5.02. The van der Waals surface area contributed by atoms with Crippen molar-refractivity contribution in [1.82, 2.24) is 20.2 Å². The van der Waals surface area contributed by atoms with E-state index in [-0.39, 0.29) is 22.7 Å². The van der Waals surface area contributed by atoms with Crippen LogP contribution >= 0.6 is 0 Å². The number of alkyl halides is 2. The second-order valence-corrected chi connectivity index (χ2v) is 9.33. The molecule has 0 unspecified atom stereocenters. The Hall–Kier alpha value is -2.91. The molecule has 1 spiro atoms. The molecule has 0 amide bonds. The number of anilines is 3. The largest absolute Gasteiger partial charge is 0.368 e. The highest BCUT2D eigenvalue weighted by molar-refractivity contribution is 5.92. The van der Waals surface area contributed by atoms with E-state index in [1.54, 1.807) is 12.1 Å². The fraction of sp³-hybridized carbons (Fsp3) is 0.391. The van der Waals surface area contributed by atoms with Gasteiger partial charge in [0, 0.05) is 61.8 Å². The molecular formula is C23H23F3N6. The Morgan fingerprint density at radius 1 is 1.09 bits per heavy atom. The van der Waals surface area contributed by atoms with Crippen LogP contribution in [0, 0.1) is 11.2 Å². The number of halogens is 3. The van der Waals surface area contributed by atoms with E-state index >= 15 is 0 Å². The molecule has 4 heterocycles. The second-order valence-electron chi connectivity index (χ2n) is 9.33. The Morgan fingerprint density at radius 3 is 2.53 bits per heavy atom. The predicted octanol–water partition coefficient (Wildman–Crippen LogP) is 3.81. The lowest BCUT2D eigenvalue weighted by atomic mass is 9.74. The molecule has 3 aromatic rings. The molecule has 0 radical (unpaired) electrons. The first kappa shape index (κ1) is 19.8. The molecule has 166 valence electrons. The molecule has 2 saturated heterocycles. The first-order chi connectivity index (χ1) is 15.4. The maximum absolute atomic E-state index is 14.7. The van der Waals surface area contributed by atoms with E-state index in [1.807, 2.05) is 7.05 Å². The summed E-state index contributed by atoms with van der Waals surface area (Å²) in [4.78, 5) is 13.1. The molecule has 2 fully saturated rings. The Labute approximate surface area is 183 Å². The average Bonchev–Trinajstić information content (AvgIpc) is 3.04. The molecule has 0 aliphatic carbocycles. The van der Waals surface area contributed by atoms with Gasteiger partial charge in [-0.05, 0) is 42.4 Å². The minimum absolute atomic E-state index is 0.0433. The van der Waals surface area contributed by atoms with Gasteiger partial charge in [-0.15, -0.1) is 0 Å². The van der Waals surface area contributed by atoms with E-state index in [0.29, 0.717) is 22.3 Å². The lowest BCUT2D eigenvalue weighted by Gasteiger charge is -2.57. The van der Waals surface area contributed by atoms with Crippen molar-refractivity contribution in [1.29, 1.82) is 0 Å². The lowest BCUT2D eigenvalue weighted by Crippen LogP contribution is -2.71. The Bertz CT molecular complexity index is 1220. The van der Waals surface area contributed by atoms with Gasteiger partial charge in [0.1, 0.15) is 5.82 Å². The van der Waals surface area contributed by atoms with Gasteiger partial charge < -0.3 is 15.5 Å². The van der Waals surface area contributed by atoms with Gasteiger partial charge in [0.25, 0.3) is 6.43 Å². The van der Waals surface area contributed by atoms with Crippen molar-refractivity contribution in [2.24, 2.45) is 5.41 Å². The Morgan fingerprint density at radius 2 is 1.84 bits per heavy atom. The summed E-state index contributed by atoms with van der Waals surface area (Å²) in [5.74, 6) is -0.118. The zero-order chi connectivity index (χ0) is 22.0. The lowest BCUT2D eigenvalue weighted by molar-refractivity contribution is 0.121. The van der Waals surface area contributed by atoms with Crippen LogP contribution in [0.3, 0.4) is 0 Å². The van der Waals surface area contributed by atoms with Crippen LogP contribution in [0.15, 0.2) is 30.5 Å². The monoisotopic (exact) mass is 440 g/mol. The number of nitrogens with zero attached hydrogens (tertiary/aromatic N) is 4. The summed E-state index contributed by atoms with van der Waals surface area (Å²) in [7, 11) is 1.99. The van der Waals surface area contributed by atoms with E-state index in [0.717, 1.165) is 50.4 Å². The molecule has 0 atom stereocenters. The van der Waals surface area contributed by atoms with Gasteiger partial charge in [-0.2, -0.15) is 0 Å². The molecule has 6 rings (SSSR count). The van der Waals surface area contributed by atoms with Gasteiger partial charge >= 0.3 is 0 Å². The molecule has 0 bridgehead atoms. The first-order valence-corrected chi connectivity index (χ1v) is 10.7. The molecule has 9 heteroatoms. The third-order valence-electron chi connectivity index (χ3n) is 6.75. The van der Waals surface area contributed by atoms with Crippen molar-refractivity contribution in [3.63, 3.8) is 0 Å². The van der Waals surface area contributed by atoms with Crippen LogP contribution in [0.2, 0.25) is 0 Å². The van der Waals surface area contributed by atoms with E-state index in [2.05, 4.69) is 30.4 Å². The van der Waals surface area contributed by atoms with Crippen molar-refractivity contribution >= 4 is 28.2 Å². The molecule has 1 aromatic heterocycles. The van der Waals surface area contributed by atoms with Crippen LogP contribution in [0.1, 0.15) is 23.1 Å². The van der Waals surface area contributed by atoms with Crippen LogP contribution < -0.4 is 15.5 Å². The highest BCUT2D eigenvalue weighted by Crippen LogP contribution is 2.41. The number of aromatic nitrogens is 2. The topological polar surface area (TPSA) is 56.3 Å². The molecule has 3 aliphatic heterocycles. The molecule has 2 aromatic carbocycles. The van der Waals surface area contributed by atoms with Crippen LogP contribution in [0.4, 0.5) is 30.5 Å². The normalized spacial score (nSPS) is 19.3. The van der Waals surface area contributed by atoms with E-state index in [1.165, 1.54) is 18.3 Å². The van der Waals surface area contributed by atoms with E-state index < -0.39 is 6.43 Å². The summed E-state index contributed by atoms with van der Waals surface area (Å²) in [5.41, 5.74) is 3.83. The third kappa shape index (κ3) is 3.18. The molecular weight excluding hydrogens is 417 g/mol. The summed E-state index contributed by atoms with van der Waals surface area (Å²) < 4.78 is 41.7. The summed E-state index contributed by atoms with van der Waals surface area (Å²) in [5, 5.41) is 6.83. The van der Waals surface area contributed by atoms with Crippen molar-refractivity contribution in [3.05, 3.63) is 53.0 Å². The molecule has 2 N–H and O–H groups in total. The van der Waals surface area contributed by atoms with Gasteiger partial charge in [-0.3, -0.25) is 4.90 Å². The van der Waals surface area contributed by atoms with Gasteiger partial charge in [-0.25, -0.2) is 23.1 Å². The second kappa shape index (κ2) is 7.05. The quantitative estimate of drug-likeness (QED) is 0.644. The zero-order valence-corrected chi connectivity index (χ0v) is 17.6. The summed E-state index contributed by atoms with van der Waals surface area (Å²) in [6, 6.07) is 6.30. The number of nitrogens with one attached hydrogen (secondary N) is 2. The Kier molecular flexibility index (Phi) is 4.35. The van der Waals surface area contributed by atoms with Gasteiger partial charge in [-0.1, -0.05) is 0 Å². The number of rotatable bonds is 4. The smallest absolute Gasteiger partial charge is 0.263 e. The third-order valence-corrected chi connectivity index (χ3v) is 6.75. The maximum Gasteiger partial charge on any atom is 0.263 e. The molecule has 6 nitrogen and oxygen atoms in total. The van der Waals surface area contributed by atoms with E-state index in [4.69, 9.17) is 0 Å². The highest BCUT2D eigenvalue weighted by atomic mass is 19.3. The average molecular weight is 440 g/mol. The van der Waals surface area contributed by atoms with Crippen molar-refractivity contribution < 1.29 is 13.2 Å². The number of hydrogen-bond donors (Lipinski definition) is 2. The summed E-state index contributed by atoms with van der Waals surface area (Å²) in [6.07, 6.45) is -1.05. The minimum Gasteiger partial charge on any atom is -0.368 e. The molecule has 0 saturated carbocycles. The summed E-state index contributed by atoms with van der Waals surface area (Å²) >= 11 is 0.